The first-order valence-electron chi connectivity index (χ1n) is 8.36. The molecule has 1 fully saturated rings. The lowest BCUT2D eigenvalue weighted by atomic mass is 9.95. The van der Waals surface area contributed by atoms with Gasteiger partial charge in [0.1, 0.15) is 0 Å². The Bertz CT molecular complexity index is 764. The Labute approximate surface area is 142 Å². The predicted molar refractivity (Wildman–Crippen MR) is 95.8 cm³/mol. The van der Waals surface area contributed by atoms with E-state index in [9.17, 15) is 9.59 Å². The molecule has 1 atom stereocenters. The summed E-state index contributed by atoms with van der Waals surface area (Å²) in [6.07, 6.45) is 3.34. The lowest BCUT2D eigenvalue weighted by molar-refractivity contribution is -0.126. The Morgan fingerprint density at radius 2 is 2.00 bits per heavy atom. The molecule has 0 saturated carbocycles. The van der Waals surface area contributed by atoms with E-state index in [1.54, 1.807) is 6.08 Å². The van der Waals surface area contributed by atoms with Gasteiger partial charge in [-0.3, -0.25) is 9.59 Å². The molecular formula is C20H22N2O2. The Balaban J connectivity index is 1.79. The van der Waals surface area contributed by atoms with Crippen molar-refractivity contribution in [2.45, 2.75) is 12.8 Å². The van der Waals surface area contributed by atoms with Gasteiger partial charge in [-0.25, -0.2) is 0 Å². The maximum atomic E-state index is 13.0. The number of hydrogen-bond acceptors (Lipinski definition) is 2. The summed E-state index contributed by atoms with van der Waals surface area (Å²) in [6.45, 7) is 5.25. The lowest BCUT2D eigenvalue weighted by Crippen LogP contribution is -2.45. The summed E-state index contributed by atoms with van der Waals surface area (Å²) in [6, 6.07) is 13.7. The average molecular weight is 322 g/mol. The summed E-state index contributed by atoms with van der Waals surface area (Å²) in [7, 11) is 0. The Morgan fingerprint density at radius 3 is 2.83 bits per heavy atom. The second kappa shape index (κ2) is 7.30. The normalized spacial score (nSPS) is 17.5. The summed E-state index contributed by atoms with van der Waals surface area (Å²) in [5.74, 6) is -0.129. The van der Waals surface area contributed by atoms with E-state index in [2.05, 4.69) is 11.9 Å². The van der Waals surface area contributed by atoms with Crippen LogP contribution in [-0.4, -0.2) is 36.3 Å². The SMILES string of the molecule is C=CCNC(=O)C1CCCN(C(=O)c2cccc3ccccc23)C1. The maximum absolute atomic E-state index is 13.0. The van der Waals surface area contributed by atoms with Crippen LogP contribution >= 0.6 is 0 Å². The van der Waals surface area contributed by atoms with Crippen molar-refractivity contribution >= 4 is 22.6 Å². The number of piperidine rings is 1. The molecule has 0 radical (unpaired) electrons. The Kier molecular flexibility index (Phi) is 4.94. The number of benzene rings is 2. The lowest BCUT2D eigenvalue weighted by Gasteiger charge is -2.32. The second-order valence-electron chi connectivity index (χ2n) is 6.15. The molecule has 1 aliphatic rings. The van der Waals surface area contributed by atoms with Crippen LogP contribution in [0, 0.1) is 5.92 Å². The van der Waals surface area contributed by atoms with Crippen molar-refractivity contribution in [3.8, 4) is 0 Å². The molecule has 2 amide bonds. The molecule has 4 heteroatoms. The van der Waals surface area contributed by atoms with Gasteiger partial charge in [0.25, 0.3) is 5.91 Å². The second-order valence-corrected chi connectivity index (χ2v) is 6.15. The number of nitrogens with one attached hydrogen (secondary N) is 1. The van der Waals surface area contributed by atoms with Gasteiger partial charge in [-0.1, -0.05) is 42.5 Å². The molecule has 1 aliphatic heterocycles. The number of likely N-dealkylation sites (tertiary alicyclic amines) is 1. The van der Waals surface area contributed by atoms with E-state index >= 15 is 0 Å². The van der Waals surface area contributed by atoms with Crippen LogP contribution in [0.1, 0.15) is 23.2 Å². The van der Waals surface area contributed by atoms with Gasteiger partial charge >= 0.3 is 0 Å². The predicted octanol–water partition coefficient (Wildman–Crippen LogP) is 2.99. The smallest absolute Gasteiger partial charge is 0.254 e. The molecule has 124 valence electrons. The van der Waals surface area contributed by atoms with Crippen LogP contribution in [0.2, 0.25) is 0 Å². The topological polar surface area (TPSA) is 49.4 Å². The van der Waals surface area contributed by atoms with Gasteiger partial charge in [-0.15, -0.1) is 6.58 Å². The van der Waals surface area contributed by atoms with Gasteiger partial charge in [0, 0.05) is 25.2 Å². The van der Waals surface area contributed by atoms with E-state index in [0.717, 1.165) is 23.6 Å². The highest BCUT2D eigenvalue weighted by atomic mass is 16.2. The fourth-order valence-electron chi connectivity index (χ4n) is 3.27. The quantitative estimate of drug-likeness (QED) is 0.880. The zero-order valence-corrected chi connectivity index (χ0v) is 13.7. The van der Waals surface area contributed by atoms with Crippen LogP contribution in [-0.2, 0) is 4.79 Å². The molecule has 1 N–H and O–H groups in total. The number of carbonyl (C=O) groups excluding carboxylic acids is 2. The monoisotopic (exact) mass is 322 g/mol. The highest BCUT2D eigenvalue weighted by molar-refractivity contribution is 6.07. The van der Waals surface area contributed by atoms with Gasteiger partial charge in [-0.2, -0.15) is 0 Å². The largest absolute Gasteiger partial charge is 0.352 e. The van der Waals surface area contributed by atoms with Crippen LogP contribution in [0.5, 0.6) is 0 Å². The molecule has 24 heavy (non-hydrogen) atoms. The molecule has 1 unspecified atom stereocenters. The Hall–Kier alpha value is -2.62. The summed E-state index contributed by atoms with van der Waals surface area (Å²) < 4.78 is 0. The van der Waals surface area contributed by atoms with Crippen LogP contribution in [0.15, 0.2) is 55.1 Å². The van der Waals surface area contributed by atoms with Gasteiger partial charge in [0.05, 0.1) is 5.92 Å². The minimum absolute atomic E-state index is 0.00493. The van der Waals surface area contributed by atoms with E-state index in [1.807, 2.05) is 47.4 Å². The fraction of sp³-hybridized carbons (Fsp3) is 0.300. The molecule has 0 aliphatic carbocycles. The number of rotatable bonds is 4. The number of carbonyl (C=O) groups is 2. The van der Waals surface area contributed by atoms with Crippen molar-refractivity contribution < 1.29 is 9.59 Å². The zero-order chi connectivity index (χ0) is 16.9. The fourth-order valence-corrected chi connectivity index (χ4v) is 3.27. The van der Waals surface area contributed by atoms with Gasteiger partial charge in [0.2, 0.25) is 5.91 Å². The van der Waals surface area contributed by atoms with Crippen molar-refractivity contribution in [3.05, 3.63) is 60.7 Å². The molecule has 1 saturated heterocycles. The molecule has 1 heterocycles. The van der Waals surface area contributed by atoms with Gasteiger partial charge in [-0.05, 0) is 29.7 Å². The summed E-state index contributed by atoms with van der Waals surface area (Å²) >= 11 is 0. The third kappa shape index (κ3) is 3.32. The summed E-state index contributed by atoms with van der Waals surface area (Å²) in [5.41, 5.74) is 0.709. The van der Waals surface area contributed by atoms with Crippen molar-refractivity contribution in [3.63, 3.8) is 0 Å². The molecule has 2 aromatic carbocycles. The molecule has 0 spiro atoms. The third-order valence-corrected chi connectivity index (χ3v) is 4.52. The zero-order valence-electron chi connectivity index (χ0n) is 13.7. The van der Waals surface area contributed by atoms with E-state index in [1.165, 1.54) is 0 Å². The van der Waals surface area contributed by atoms with E-state index in [0.29, 0.717) is 25.2 Å². The number of hydrogen-bond donors (Lipinski definition) is 1. The van der Waals surface area contributed by atoms with Gasteiger partial charge in [0.15, 0.2) is 0 Å². The molecular weight excluding hydrogens is 300 g/mol. The van der Waals surface area contributed by atoms with Crippen molar-refractivity contribution in [1.82, 2.24) is 10.2 Å². The highest BCUT2D eigenvalue weighted by Gasteiger charge is 2.29. The first-order chi connectivity index (χ1) is 11.7. The molecule has 3 rings (SSSR count). The van der Waals surface area contributed by atoms with Crippen LogP contribution in [0.25, 0.3) is 10.8 Å². The average Bonchev–Trinajstić information content (AvgIpc) is 2.65. The van der Waals surface area contributed by atoms with E-state index in [-0.39, 0.29) is 17.7 Å². The van der Waals surface area contributed by atoms with Crippen molar-refractivity contribution in [2.24, 2.45) is 5.92 Å². The third-order valence-electron chi connectivity index (χ3n) is 4.52. The molecule has 0 bridgehead atoms. The highest BCUT2D eigenvalue weighted by Crippen LogP contribution is 2.23. The minimum Gasteiger partial charge on any atom is -0.352 e. The van der Waals surface area contributed by atoms with Crippen LogP contribution < -0.4 is 5.32 Å². The maximum Gasteiger partial charge on any atom is 0.254 e. The molecule has 0 aromatic heterocycles. The first-order valence-corrected chi connectivity index (χ1v) is 8.36. The minimum atomic E-state index is -0.141. The standard InChI is InChI=1S/C20H22N2O2/c1-2-12-21-19(23)16-9-6-13-22(14-16)20(24)18-11-5-8-15-7-3-4-10-17(15)18/h2-5,7-8,10-11,16H,1,6,9,12-14H2,(H,21,23). The summed E-state index contributed by atoms with van der Waals surface area (Å²) in [4.78, 5) is 27.0. The number of amides is 2. The van der Waals surface area contributed by atoms with Gasteiger partial charge < -0.3 is 10.2 Å². The molecule has 4 nitrogen and oxygen atoms in total. The van der Waals surface area contributed by atoms with Crippen LogP contribution in [0.4, 0.5) is 0 Å². The number of fused-ring (bicyclic) bond motifs is 1. The van der Waals surface area contributed by atoms with Crippen molar-refractivity contribution in [1.29, 1.82) is 0 Å². The summed E-state index contributed by atoms with van der Waals surface area (Å²) in [5, 5.41) is 4.85. The van der Waals surface area contributed by atoms with Crippen LogP contribution in [0.3, 0.4) is 0 Å². The van der Waals surface area contributed by atoms with E-state index in [4.69, 9.17) is 0 Å². The Morgan fingerprint density at radius 1 is 1.21 bits per heavy atom. The van der Waals surface area contributed by atoms with E-state index < -0.39 is 0 Å². The first kappa shape index (κ1) is 16.2. The number of nitrogens with zero attached hydrogens (tertiary/aromatic N) is 1. The van der Waals surface area contributed by atoms with Crippen molar-refractivity contribution in [2.75, 3.05) is 19.6 Å². The molecule has 2 aromatic rings.